The number of nitrogens with one attached hydrogen (secondary N) is 1. The second-order valence-electron chi connectivity index (χ2n) is 5.50. The van der Waals surface area contributed by atoms with Crippen LogP contribution in [0.5, 0.6) is 5.75 Å². The van der Waals surface area contributed by atoms with E-state index in [1.165, 1.54) is 5.56 Å². The zero-order valence-corrected chi connectivity index (χ0v) is 11.1. The molecule has 1 aromatic rings. The largest absolute Gasteiger partial charge is 0.497 e. The average molecular weight is 261 g/mol. The molecule has 1 heterocycles. The summed E-state index contributed by atoms with van der Waals surface area (Å²) in [4.78, 5) is 11.4. The van der Waals surface area contributed by atoms with Gasteiger partial charge in [-0.05, 0) is 42.9 Å². The number of rotatable bonds is 2. The molecular weight excluding hydrogens is 242 g/mol. The Hall–Kier alpha value is -1.71. The van der Waals surface area contributed by atoms with E-state index >= 15 is 0 Å². The van der Waals surface area contributed by atoms with E-state index in [-0.39, 0.29) is 11.6 Å². The minimum Gasteiger partial charge on any atom is -0.497 e. The Bertz CT molecular complexity index is 471. The van der Waals surface area contributed by atoms with Crippen LogP contribution in [0.15, 0.2) is 24.3 Å². The van der Waals surface area contributed by atoms with Gasteiger partial charge >= 0.3 is 6.09 Å². The molecule has 1 spiro atoms. The molecule has 2 atom stereocenters. The summed E-state index contributed by atoms with van der Waals surface area (Å²) >= 11 is 0. The molecule has 19 heavy (non-hydrogen) atoms. The van der Waals surface area contributed by atoms with Gasteiger partial charge in [0.2, 0.25) is 0 Å². The molecular formula is C15H19NO3. The number of hydrogen-bond donors (Lipinski definition) is 1. The lowest BCUT2D eigenvalue weighted by Gasteiger charge is -2.34. The minimum atomic E-state index is -0.262. The van der Waals surface area contributed by atoms with Crippen LogP contribution >= 0.6 is 0 Å². The SMILES string of the molecule is COc1ccc([C@@H]2CC[C@]3(CCOC(=O)N3)C2)cc1. The average Bonchev–Trinajstić information content (AvgIpc) is 2.82. The number of benzene rings is 1. The van der Waals surface area contributed by atoms with E-state index in [0.717, 1.165) is 31.4 Å². The fourth-order valence-electron chi connectivity index (χ4n) is 3.28. The van der Waals surface area contributed by atoms with Crippen LogP contribution in [0, 0.1) is 0 Å². The van der Waals surface area contributed by atoms with Crippen molar-refractivity contribution in [3.63, 3.8) is 0 Å². The summed E-state index contributed by atoms with van der Waals surface area (Å²) in [6, 6.07) is 8.26. The highest BCUT2D eigenvalue weighted by molar-refractivity contribution is 5.69. The Morgan fingerprint density at radius 3 is 2.79 bits per heavy atom. The molecule has 1 amide bonds. The fraction of sp³-hybridized carbons (Fsp3) is 0.533. The van der Waals surface area contributed by atoms with Crippen LogP contribution in [-0.4, -0.2) is 25.3 Å². The number of methoxy groups -OCH3 is 1. The van der Waals surface area contributed by atoms with E-state index in [1.54, 1.807) is 7.11 Å². The standard InChI is InChI=1S/C15H19NO3/c1-18-13-4-2-11(3-5-13)12-6-7-15(10-12)8-9-19-14(17)16-15/h2-5,12H,6-10H2,1H3,(H,16,17)/t12-,15+/m1/s1. The van der Waals surface area contributed by atoms with Gasteiger partial charge in [-0.1, -0.05) is 12.1 Å². The summed E-state index contributed by atoms with van der Waals surface area (Å²) in [5.74, 6) is 1.40. The van der Waals surface area contributed by atoms with Crippen LogP contribution in [0.4, 0.5) is 4.79 Å². The maximum atomic E-state index is 11.4. The van der Waals surface area contributed by atoms with Gasteiger partial charge < -0.3 is 14.8 Å². The molecule has 2 fully saturated rings. The summed E-state index contributed by atoms with van der Waals surface area (Å²) in [6.45, 7) is 0.543. The molecule has 102 valence electrons. The van der Waals surface area contributed by atoms with Crippen molar-refractivity contribution in [2.45, 2.75) is 37.1 Å². The first-order valence-electron chi connectivity index (χ1n) is 6.80. The van der Waals surface area contributed by atoms with Gasteiger partial charge in [0, 0.05) is 12.0 Å². The number of carbonyl (C=O) groups is 1. The van der Waals surface area contributed by atoms with Crippen molar-refractivity contribution < 1.29 is 14.3 Å². The third-order valence-corrected chi connectivity index (χ3v) is 4.38. The quantitative estimate of drug-likeness (QED) is 0.890. The van der Waals surface area contributed by atoms with Gasteiger partial charge in [-0.25, -0.2) is 4.79 Å². The lowest BCUT2D eigenvalue weighted by molar-refractivity contribution is 0.0880. The van der Waals surface area contributed by atoms with Gasteiger partial charge in [0.15, 0.2) is 0 Å². The van der Waals surface area contributed by atoms with E-state index in [0.29, 0.717) is 12.5 Å². The molecule has 1 aliphatic carbocycles. The van der Waals surface area contributed by atoms with E-state index in [1.807, 2.05) is 12.1 Å². The molecule has 4 nitrogen and oxygen atoms in total. The fourth-order valence-corrected chi connectivity index (χ4v) is 3.28. The zero-order chi connectivity index (χ0) is 13.3. The van der Waals surface area contributed by atoms with Crippen molar-refractivity contribution in [2.75, 3.05) is 13.7 Å². The normalized spacial score (nSPS) is 29.9. The highest BCUT2D eigenvalue weighted by Crippen LogP contribution is 2.43. The molecule has 1 aliphatic heterocycles. The van der Waals surface area contributed by atoms with Crippen molar-refractivity contribution in [3.8, 4) is 5.75 Å². The van der Waals surface area contributed by atoms with Gasteiger partial charge in [-0.3, -0.25) is 0 Å². The van der Waals surface area contributed by atoms with Crippen LogP contribution in [-0.2, 0) is 4.74 Å². The van der Waals surface area contributed by atoms with E-state index in [4.69, 9.17) is 9.47 Å². The predicted molar refractivity (Wildman–Crippen MR) is 71.4 cm³/mol. The van der Waals surface area contributed by atoms with Gasteiger partial charge in [-0.15, -0.1) is 0 Å². The van der Waals surface area contributed by atoms with E-state index < -0.39 is 0 Å². The van der Waals surface area contributed by atoms with E-state index in [2.05, 4.69) is 17.4 Å². The maximum absolute atomic E-state index is 11.4. The second kappa shape index (κ2) is 4.76. The van der Waals surface area contributed by atoms with Crippen LogP contribution in [0.3, 0.4) is 0 Å². The smallest absolute Gasteiger partial charge is 0.407 e. The Kier molecular flexibility index (Phi) is 3.09. The number of ether oxygens (including phenoxy) is 2. The Balaban J connectivity index is 1.72. The third kappa shape index (κ3) is 2.39. The summed E-state index contributed by atoms with van der Waals surface area (Å²) in [6.07, 6.45) is 3.83. The zero-order valence-electron chi connectivity index (χ0n) is 11.1. The van der Waals surface area contributed by atoms with Crippen LogP contribution in [0.1, 0.15) is 37.2 Å². The molecule has 1 saturated heterocycles. The highest BCUT2D eigenvalue weighted by Gasteiger charge is 2.43. The Labute approximate surface area is 113 Å². The summed E-state index contributed by atoms with van der Waals surface area (Å²) in [7, 11) is 1.68. The molecule has 0 bridgehead atoms. The first-order valence-corrected chi connectivity index (χ1v) is 6.80. The van der Waals surface area contributed by atoms with Crippen LogP contribution < -0.4 is 10.1 Å². The first kappa shape index (κ1) is 12.3. The van der Waals surface area contributed by atoms with Crippen LogP contribution in [0.2, 0.25) is 0 Å². The number of amides is 1. The number of carbonyl (C=O) groups excluding carboxylic acids is 1. The third-order valence-electron chi connectivity index (χ3n) is 4.38. The van der Waals surface area contributed by atoms with Crippen molar-refractivity contribution in [3.05, 3.63) is 29.8 Å². The monoisotopic (exact) mass is 261 g/mol. The predicted octanol–water partition coefficient (Wildman–Crippen LogP) is 2.83. The van der Waals surface area contributed by atoms with E-state index in [9.17, 15) is 4.79 Å². The van der Waals surface area contributed by atoms with Gasteiger partial charge in [0.25, 0.3) is 0 Å². The molecule has 0 radical (unpaired) electrons. The molecule has 3 rings (SSSR count). The summed E-state index contributed by atoms with van der Waals surface area (Å²) in [5.41, 5.74) is 1.29. The number of hydrogen-bond acceptors (Lipinski definition) is 3. The summed E-state index contributed by atoms with van der Waals surface area (Å²) < 4.78 is 10.2. The lowest BCUT2D eigenvalue weighted by Crippen LogP contribution is -2.51. The lowest BCUT2D eigenvalue weighted by atomic mass is 9.89. The van der Waals surface area contributed by atoms with Gasteiger partial charge in [-0.2, -0.15) is 0 Å². The molecule has 1 aromatic carbocycles. The number of alkyl carbamates (subject to hydrolysis) is 1. The van der Waals surface area contributed by atoms with Crippen molar-refractivity contribution in [2.24, 2.45) is 0 Å². The van der Waals surface area contributed by atoms with Gasteiger partial charge in [0.05, 0.1) is 13.7 Å². The molecule has 0 unspecified atom stereocenters. The topological polar surface area (TPSA) is 47.6 Å². The Morgan fingerprint density at radius 1 is 1.32 bits per heavy atom. The molecule has 4 heteroatoms. The second-order valence-corrected chi connectivity index (χ2v) is 5.50. The van der Waals surface area contributed by atoms with Crippen LogP contribution in [0.25, 0.3) is 0 Å². The molecule has 1 saturated carbocycles. The molecule has 2 aliphatic rings. The van der Waals surface area contributed by atoms with Crippen molar-refractivity contribution in [1.82, 2.24) is 5.32 Å². The minimum absolute atomic E-state index is 0.0417. The first-order chi connectivity index (χ1) is 9.21. The summed E-state index contributed by atoms with van der Waals surface area (Å²) in [5, 5.41) is 3.03. The molecule has 0 aromatic heterocycles. The van der Waals surface area contributed by atoms with Crippen molar-refractivity contribution >= 4 is 6.09 Å². The molecule has 1 N–H and O–H groups in total. The maximum Gasteiger partial charge on any atom is 0.407 e. The highest BCUT2D eigenvalue weighted by atomic mass is 16.6. The van der Waals surface area contributed by atoms with Crippen molar-refractivity contribution in [1.29, 1.82) is 0 Å². The number of cyclic esters (lactones) is 1. The van der Waals surface area contributed by atoms with Gasteiger partial charge in [0.1, 0.15) is 5.75 Å². The Morgan fingerprint density at radius 2 is 2.11 bits per heavy atom.